The molecule has 1 aliphatic rings. The number of nitrogens with zero attached hydrogens (tertiary/aromatic N) is 1. The van der Waals surface area contributed by atoms with Crippen molar-refractivity contribution in [2.24, 2.45) is 0 Å². The summed E-state index contributed by atoms with van der Waals surface area (Å²) in [7, 11) is -2.72. The fraction of sp³-hybridized carbons (Fsp3) is 0.316. The minimum absolute atomic E-state index is 0.0322. The van der Waals surface area contributed by atoms with Gasteiger partial charge in [0.05, 0.1) is 24.1 Å². The average molecular weight is 410 g/mol. The van der Waals surface area contributed by atoms with Gasteiger partial charge < -0.3 is 4.74 Å². The number of hydrogen-bond donors (Lipinski definition) is 1. The van der Waals surface area contributed by atoms with Crippen LogP contribution < -0.4 is 4.72 Å². The predicted octanol–water partition coefficient (Wildman–Crippen LogP) is 3.16. The second-order valence-corrected chi connectivity index (χ2v) is 8.22. The Hall–Kier alpha value is -2.52. The molecule has 3 rings (SSSR count). The summed E-state index contributed by atoms with van der Waals surface area (Å²) < 4.78 is 58.0. The zero-order valence-electron chi connectivity index (χ0n) is 15.4. The summed E-state index contributed by atoms with van der Waals surface area (Å²) >= 11 is 0. The largest absolute Gasteiger partial charge is 0.465 e. The number of carbonyl (C=O) groups is 1. The number of nitrogens with one attached hydrogen (secondary N) is 1. The highest BCUT2D eigenvalue weighted by Gasteiger charge is 2.24. The average Bonchev–Trinajstić information content (AvgIpc) is 3.01. The fourth-order valence-electron chi connectivity index (χ4n) is 3.30. The van der Waals surface area contributed by atoms with Crippen molar-refractivity contribution in [3.63, 3.8) is 0 Å². The van der Waals surface area contributed by atoms with Gasteiger partial charge in [0.2, 0.25) is 0 Å². The van der Waals surface area contributed by atoms with Crippen molar-refractivity contribution >= 4 is 21.7 Å². The molecule has 28 heavy (non-hydrogen) atoms. The Kier molecular flexibility index (Phi) is 5.66. The number of rotatable bonds is 6. The molecule has 0 atom stereocenters. The quantitative estimate of drug-likeness (QED) is 0.741. The molecule has 0 unspecified atom stereocenters. The van der Waals surface area contributed by atoms with Crippen molar-refractivity contribution < 1.29 is 26.7 Å². The zero-order chi connectivity index (χ0) is 20.5. The molecular formula is C19H20F2N2O4S. The molecule has 2 aromatic carbocycles. The van der Waals surface area contributed by atoms with Crippen LogP contribution in [0.5, 0.6) is 0 Å². The lowest BCUT2D eigenvalue weighted by atomic mass is 10.1. The van der Waals surface area contributed by atoms with E-state index in [-0.39, 0.29) is 22.6 Å². The second-order valence-electron chi connectivity index (χ2n) is 6.57. The summed E-state index contributed by atoms with van der Waals surface area (Å²) in [5, 5.41) is 0. The molecule has 0 aliphatic carbocycles. The lowest BCUT2D eigenvalue weighted by Crippen LogP contribution is -2.22. The van der Waals surface area contributed by atoms with Gasteiger partial charge in [-0.25, -0.2) is 22.0 Å². The van der Waals surface area contributed by atoms with Crippen molar-refractivity contribution in [2.45, 2.75) is 31.3 Å². The van der Waals surface area contributed by atoms with Crippen molar-refractivity contribution in [3.8, 4) is 0 Å². The third-order valence-corrected chi connectivity index (χ3v) is 6.15. The summed E-state index contributed by atoms with van der Waals surface area (Å²) in [6, 6.07) is 9.35. The van der Waals surface area contributed by atoms with Crippen molar-refractivity contribution in [1.29, 1.82) is 0 Å². The third-order valence-electron chi connectivity index (χ3n) is 4.62. The highest BCUT2D eigenvalue weighted by atomic mass is 32.2. The third kappa shape index (κ3) is 4.15. The number of anilines is 1. The van der Waals surface area contributed by atoms with E-state index in [0.29, 0.717) is 18.8 Å². The van der Waals surface area contributed by atoms with Gasteiger partial charge in [0.1, 0.15) is 0 Å². The minimum atomic E-state index is -3.95. The Morgan fingerprint density at radius 2 is 1.93 bits per heavy atom. The normalized spacial score (nSPS) is 14.2. The van der Waals surface area contributed by atoms with Gasteiger partial charge in [-0.1, -0.05) is 12.1 Å². The van der Waals surface area contributed by atoms with Gasteiger partial charge in [0.15, 0.2) is 0 Å². The molecule has 150 valence electrons. The Labute approximate surface area is 162 Å². The predicted molar refractivity (Wildman–Crippen MR) is 99.9 cm³/mol. The SMILES string of the molecule is COC(=O)c1cccc(S(=O)(=O)Nc2ccc3c(c2)CN(CC(F)F)C3)c1C. The Bertz CT molecular complexity index is 1010. The number of benzene rings is 2. The number of esters is 1. The topological polar surface area (TPSA) is 75.7 Å². The van der Waals surface area contributed by atoms with Crippen LogP contribution in [-0.4, -0.2) is 39.4 Å². The molecule has 0 amide bonds. The van der Waals surface area contributed by atoms with E-state index in [1.165, 1.54) is 32.2 Å². The molecule has 0 bridgehead atoms. The van der Waals surface area contributed by atoms with Gasteiger partial charge in [-0.05, 0) is 47.9 Å². The zero-order valence-corrected chi connectivity index (χ0v) is 16.2. The summed E-state index contributed by atoms with van der Waals surface area (Å²) in [6.45, 7) is 1.96. The molecule has 0 saturated carbocycles. The first-order chi connectivity index (χ1) is 13.2. The van der Waals surface area contributed by atoms with Crippen LogP contribution in [0.3, 0.4) is 0 Å². The molecule has 0 saturated heterocycles. The van der Waals surface area contributed by atoms with E-state index in [2.05, 4.69) is 9.46 Å². The molecule has 1 aliphatic heterocycles. The highest BCUT2D eigenvalue weighted by molar-refractivity contribution is 7.92. The smallest absolute Gasteiger partial charge is 0.338 e. The van der Waals surface area contributed by atoms with Crippen LogP contribution in [0.2, 0.25) is 0 Å². The first-order valence-corrected chi connectivity index (χ1v) is 10.0. The lowest BCUT2D eigenvalue weighted by molar-refractivity contribution is 0.0599. The Balaban J connectivity index is 1.84. The fourth-order valence-corrected chi connectivity index (χ4v) is 4.62. The number of sulfonamides is 1. The van der Waals surface area contributed by atoms with Gasteiger partial charge in [-0.3, -0.25) is 9.62 Å². The number of halogens is 2. The molecule has 0 aromatic heterocycles. The Morgan fingerprint density at radius 1 is 1.21 bits per heavy atom. The molecule has 1 heterocycles. The molecule has 0 spiro atoms. The molecule has 9 heteroatoms. The van der Waals surface area contributed by atoms with Crippen LogP contribution >= 0.6 is 0 Å². The van der Waals surface area contributed by atoms with Gasteiger partial charge >= 0.3 is 5.97 Å². The number of fused-ring (bicyclic) bond motifs is 1. The summed E-state index contributed by atoms with van der Waals surface area (Å²) in [5.41, 5.74) is 2.49. The number of carbonyl (C=O) groups excluding carboxylic acids is 1. The molecule has 2 aromatic rings. The van der Waals surface area contributed by atoms with E-state index in [1.807, 2.05) is 0 Å². The van der Waals surface area contributed by atoms with Crippen molar-refractivity contribution in [3.05, 3.63) is 58.7 Å². The molecule has 0 fully saturated rings. The highest BCUT2D eigenvalue weighted by Crippen LogP contribution is 2.28. The first kappa shape index (κ1) is 20.2. The first-order valence-electron chi connectivity index (χ1n) is 8.54. The van der Waals surface area contributed by atoms with Gasteiger partial charge in [0, 0.05) is 18.8 Å². The maximum Gasteiger partial charge on any atom is 0.338 e. The molecule has 0 radical (unpaired) electrons. The maximum absolute atomic E-state index is 12.8. The van der Waals surface area contributed by atoms with Gasteiger partial charge in [-0.15, -0.1) is 0 Å². The van der Waals surface area contributed by atoms with Crippen LogP contribution in [0.4, 0.5) is 14.5 Å². The second kappa shape index (κ2) is 7.84. The van der Waals surface area contributed by atoms with Crippen LogP contribution in [0.25, 0.3) is 0 Å². The minimum Gasteiger partial charge on any atom is -0.465 e. The van der Waals surface area contributed by atoms with E-state index >= 15 is 0 Å². The van der Waals surface area contributed by atoms with Crippen LogP contribution in [0, 0.1) is 6.92 Å². The van der Waals surface area contributed by atoms with Crippen molar-refractivity contribution in [2.75, 3.05) is 18.4 Å². The van der Waals surface area contributed by atoms with Crippen LogP contribution in [0.1, 0.15) is 27.0 Å². The lowest BCUT2D eigenvalue weighted by Gasteiger charge is -2.13. The van der Waals surface area contributed by atoms with Gasteiger partial charge in [-0.2, -0.15) is 0 Å². The molecule has 6 nitrogen and oxygen atoms in total. The number of alkyl halides is 2. The molecule has 1 N–H and O–H groups in total. The number of methoxy groups -OCH3 is 1. The van der Waals surface area contributed by atoms with Crippen LogP contribution in [-0.2, 0) is 27.8 Å². The summed E-state index contributed by atoms with van der Waals surface area (Å²) in [5.74, 6) is -0.619. The maximum atomic E-state index is 12.8. The van der Waals surface area contributed by atoms with Gasteiger partial charge in [0.25, 0.3) is 16.4 Å². The number of ether oxygens (including phenoxy) is 1. The van der Waals surface area contributed by atoms with E-state index in [9.17, 15) is 22.0 Å². The van der Waals surface area contributed by atoms with E-state index < -0.39 is 22.4 Å². The number of hydrogen-bond acceptors (Lipinski definition) is 5. The summed E-state index contributed by atoms with van der Waals surface area (Å²) in [4.78, 5) is 13.4. The van der Waals surface area contributed by atoms with E-state index in [0.717, 1.165) is 11.1 Å². The van der Waals surface area contributed by atoms with E-state index in [4.69, 9.17) is 0 Å². The van der Waals surface area contributed by atoms with E-state index in [1.54, 1.807) is 23.1 Å². The molecular weight excluding hydrogens is 390 g/mol. The summed E-state index contributed by atoms with van der Waals surface area (Å²) in [6.07, 6.45) is -2.42. The monoisotopic (exact) mass is 410 g/mol. The Morgan fingerprint density at radius 3 is 2.61 bits per heavy atom. The van der Waals surface area contributed by atoms with Crippen LogP contribution in [0.15, 0.2) is 41.3 Å². The standard InChI is InChI=1S/C19H20F2N2O4S/c1-12-16(19(24)27-2)4-3-5-17(12)28(25,26)22-15-7-6-13-9-23(11-18(20)21)10-14(13)8-15/h3-8,18,22H,9-11H2,1-2H3. The van der Waals surface area contributed by atoms with Crippen molar-refractivity contribution in [1.82, 2.24) is 4.90 Å².